The molecule has 0 aromatic heterocycles. The van der Waals surface area contributed by atoms with Crippen LogP contribution in [0.25, 0.3) is 0 Å². The highest BCUT2D eigenvalue weighted by molar-refractivity contribution is 7.91. The Morgan fingerprint density at radius 3 is 2.42 bits per heavy atom. The van der Waals surface area contributed by atoms with E-state index in [0.29, 0.717) is 17.4 Å². The monoisotopic (exact) mass is 287 g/mol. The Labute approximate surface area is 118 Å². The van der Waals surface area contributed by atoms with Crippen molar-refractivity contribution in [2.75, 3.05) is 18.1 Å². The number of rotatable bonds is 9. The van der Waals surface area contributed by atoms with Gasteiger partial charge in [0.05, 0.1) is 5.75 Å². The van der Waals surface area contributed by atoms with Gasteiger partial charge in [-0.1, -0.05) is 32.6 Å². The molecule has 0 saturated heterocycles. The standard InChI is InChI=1S/C15H29NO2S/c1-2-19(17,18)11-5-8-14(12-16-15-9-10-15)13-6-3-4-7-13/h13-16H,2-12H2,1H3. The molecule has 0 aliphatic heterocycles. The molecule has 4 heteroatoms. The molecule has 1 atom stereocenters. The molecule has 0 radical (unpaired) electrons. The molecule has 0 amide bonds. The van der Waals surface area contributed by atoms with Gasteiger partial charge < -0.3 is 5.32 Å². The third-order valence-electron chi connectivity index (χ3n) is 4.78. The predicted octanol–water partition coefficient (Wildman–Crippen LogP) is 2.76. The Morgan fingerprint density at radius 1 is 1.16 bits per heavy atom. The van der Waals surface area contributed by atoms with Crippen LogP contribution >= 0.6 is 0 Å². The second kappa shape index (κ2) is 7.07. The molecular formula is C15H29NO2S. The van der Waals surface area contributed by atoms with Crippen LogP contribution in [0.1, 0.15) is 58.3 Å². The van der Waals surface area contributed by atoms with E-state index in [1.54, 1.807) is 6.92 Å². The van der Waals surface area contributed by atoms with Gasteiger partial charge in [0, 0.05) is 11.8 Å². The summed E-state index contributed by atoms with van der Waals surface area (Å²) in [7, 11) is -2.78. The third-order valence-corrected chi connectivity index (χ3v) is 6.57. The van der Waals surface area contributed by atoms with Gasteiger partial charge in [0.25, 0.3) is 0 Å². The average Bonchev–Trinajstić information content (AvgIpc) is 3.06. The SMILES string of the molecule is CCS(=O)(=O)CCCC(CNC1CC1)C1CCCC1. The Bertz CT molecular complexity index is 356. The molecule has 2 rings (SSSR count). The van der Waals surface area contributed by atoms with E-state index in [2.05, 4.69) is 5.32 Å². The molecule has 1 unspecified atom stereocenters. The molecular weight excluding hydrogens is 258 g/mol. The number of sulfone groups is 1. The van der Waals surface area contributed by atoms with E-state index in [0.717, 1.165) is 31.3 Å². The minimum absolute atomic E-state index is 0.293. The van der Waals surface area contributed by atoms with Gasteiger partial charge >= 0.3 is 0 Å². The molecule has 0 spiro atoms. The molecule has 19 heavy (non-hydrogen) atoms. The lowest BCUT2D eigenvalue weighted by Gasteiger charge is -2.24. The van der Waals surface area contributed by atoms with E-state index in [4.69, 9.17) is 0 Å². The second-order valence-corrected chi connectivity index (χ2v) is 8.84. The first kappa shape index (κ1) is 15.3. The fourth-order valence-corrected chi connectivity index (χ4v) is 4.14. The van der Waals surface area contributed by atoms with Gasteiger partial charge in [-0.2, -0.15) is 0 Å². The third kappa shape index (κ3) is 5.42. The largest absolute Gasteiger partial charge is 0.314 e. The normalized spacial score (nSPS) is 22.8. The van der Waals surface area contributed by atoms with E-state index in [1.807, 2.05) is 0 Å². The summed E-state index contributed by atoms with van der Waals surface area (Å²) in [5, 5.41) is 3.65. The van der Waals surface area contributed by atoms with Crippen LogP contribution < -0.4 is 5.32 Å². The lowest BCUT2D eigenvalue weighted by molar-refractivity contribution is 0.301. The van der Waals surface area contributed by atoms with E-state index >= 15 is 0 Å². The Kier molecular flexibility index (Phi) is 5.70. The topological polar surface area (TPSA) is 46.2 Å². The highest BCUT2D eigenvalue weighted by Gasteiger charge is 2.27. The molecule has 2 aliphatic rings. The van der Waals surface area contributed by atoms with Crippen LogP contribution in [0, 0.1) is 11.8 Å². The fourth-order valence-electron chi connectivity index (χ4n) is 3.25. The summed E-state index contributed by atoms with van der Waals surface area (Å²) >= 11 is 0. The molecule has 3 nitrogen and oxygen atoms in total. The van der Waals surface area contributed by atoms with Crippen LogP contribution in [0.4, 0.5) is 0 Å². The summed E-state index contributed by atoms with van der Waals surface area (Å²) in [4.78, 5) is 0. The van der Waals surface area contributed by atoms with Gasteiger partial charge in [-0.25, -0.2) is 8.42 Å². The van der Waals surface area contributed by atoms with Gasteiger partial charge in [-0.05, 0) is 44.1 Å². The van der Waals surface area contributed by atoms with Gasteiger partial charge in [0.15, 0.2) is 0 Å². The molecule has 2 fully saturated rings. The fraction of sp³-hybridized carbons (Fsp3) is 1.00. The quantitative estimate of drug-likeness (QED) is 0.709. The van der Waals surface area contributed by atoms with Gasteiger partial charge in [0.2, 0.25) is 0 Å². The van der Waals surface area contributed by atoms with Crippen molar-refractivity contribution in [2.45, 2.75) is 64.3 Å². The average molecular weight is 287 g/mol. The first-order chi connectivity index (χ1) is 9.11. The Morgan fingerprint density at radius 2 is 1.84 bits per heavy atom. The predicted molar refractivity (Wildman–Crippen MR) is 80.0 cm³/mol. The van der Waals surface area contributed by atoms with Crippen molar-refractivity contribution >= 4 is 9.84 Å². The summed E-state index contributed by atoms with van der Waals surface area (Å²) < 4.78 is 23.1. The highest BCUT2D eigenvalue weighted by Crippen LogP contribution is 2.34. The van der Waals surface area contributed by atoms with Gasteiger partial charge in [0.1, 0.15) is 9.84 Å². The maximum atomic E-state index is 11.6. The van der Waals surface area contributed by atoms with Crippen LogP contribution in [0.15, 0.2) is 0 Å². The number of nitrogens with one attached hydrogen (secondary N) is 1. The Balaban J connectivity index is 1.75. The molecule has 0 heterocycles. The van der Waals surface area contributed by atoms with E-state index in [9.17, 15) is 8.42 Å². The molecule has 0 aromatic carbocycles. The van der Waals surface area contributed by atoms with Crippen molar-refractivity contribution in [3.63, 3.8) is 0 Å². The summed E-state index contributed by atoms with van der Waals surface area (Å²) in [5.41, 5.74) is 0. The summed E-state index contributed by atoms with van der Waals surface area (Å²) in [6.45, 7) is 2.86. The molecule has 2 saturated carbocycles. The maximum absolute atomic E-state index is 11.6. The van der Waals surface area contributed by atoms with Crippen molar-refractivity contribution in [3.8, 4) is 0 Å². The van der Waals surface area contributed by atoms with Crippen LogP contribution in [-0.2, 0) is 9.84 Å². The molecule has 112 valence electrons. The lowest BCUT2D eigenvalue weighted by Crippen LogP contribution is -2.29. The van der Waals surface area contributed by atoms with Gasteiger partial charge in [-0.3, -0.25) is 0 Å². The zero-order valence-electron chi connectivity index (χ0n) is 12.2. The number of hydrogen-bond donors (Lipinski definition) is 1. The highest BCUT2D eigenvalue weighted by atomic mass is 32.2. The number of hydrogen-bond acceptors (Lipinski definition) is 3. The Hall–Kier alpha value is -0.0900. The molecule has 2 aliphatic carbocycles. The van der Waals surface area contributed by atoms with Crippen molar-refractivity contribution in [2.24, 2.45) is 11.8 Å². The van der Waals surface area contributed by atoms with Crippen LogP contribution in [0.2, 0.25) is 0 Å². The van der Waals surface area contributed by atoms with Crippen molar-refractivity contribution in [3.05, 3.63) is 0 Å². The van der Waals surface area contributed by atoms with E-state index in [1.165, 1.54) is 38.5 Å². The first-order valence-electron chi connectivity index (χ1n) is 8.04. The van der Waals surface area contributed by atoms with Crippen LogP contribution in [0.5, 0.6) is 0 Å². The summed E-state index contributed by atoms with van der Waals surface area (Å²) in [6.07, 6.45) is 10.1. The zero-order valence-corrected chi connectivity index (χ0v) is 13.1. The van der Waals surface area contributed by atoms with Crippen LogP contribution in [0.3, 0.4) is 0 Å². The van der Waals surface area contributed by atoms with Crippen molar-refractivity contribution in [1.29, 1.82) is 0 Å². The molecule has 0 bridgehead atoms. The maximum Gasteiger partial charge on any atom is 0.150 e. The minimum atomic E-state index is -2.78. The summed E-state index contributed by atoms with van der Waals surface area (Å²) in [5.74, 6) is 2.23. The first-order valence-corrected chi connectivity index (χ1v) is 9.86. The van der Waals surface area contributed by atoms with Crippen LogP contribution in [-0.4, -0.2) is 32.5 Å². The van der Waals surface area contributed by atoms with E-state index in [-0.39, 0.29) is 0 Å². The van der Waals surface area contributed by atoms with E-state index < -0.39 is 9.84 Å². The van der Waals surface area contributed by atoms with Gasteiger partial charge in [-0.15, -0.1) is 0 Å². The lowest BCUT2D eigenvalue weighted by atomic mass is 9.87. The summed E-state index contributed by atoms with van der Waals surface area (Å²) in [6, 6.07) is 0.767. The van der Waals surface area contributed by atoms with Crippen molar-refractivity contribution < 1.29 is 8.42 Å². The minimum Gasteiger partial charge on any atom is -0.314 e. The second-order valence-electron chi connectivity index (χ2n) is 6.37. The molecule has 1 N–H and O–H groups in total. The molecule has 0 aromatic rings. The smallest absolute Gasteiger partial charge is 0.150 e. The zero-order chi connectivity index (χ0) is 13.7. The van der Waals surface area contributed by atoms with Crippen molar-refractivity contribution in [1.82, 2.24) is 5.32 Å².